The average Bonchev–Trinajstić information content (AvgIpc) is 2.61. The van der Waals surface area contributed by atoms with Crippen molar-refractivity contribution in [2.24, 2.45) is 5.11 Å². The largest absolute Gasteiger partial charge is 0.493 e. The summed E-state index contributed by atoms with van der Waals surface area (Å²) in [6.07, 6.45) is 13.3. The lowest BCUT2D eigenvalue weighted by Crippen LogP contribution is -2.01. The van der Waals surface area contributed by atoms with Gasteiger partial charge in [-0.15, -0.1) is 0 Å². The third-order valence-corrected chi connectivity index (χ3v) is 4.75. The van der Waals surface area contributed by atoms with Crippen molar-refractivity contribution < 1.29 is 4.74 Å². The van der Waals surface area contributed by atoms with Crippen LogP contribution in [-0.4, -0.2) is 6.61 Å². The average molecular weight is 346 g/mol. The van der Waals surface area contributed by atoms with Crippen molar-refractivity contribution in [3.63, 3.8) is 0 Å². The SMILES string of the molecule is CCCCCCCCCCCCOc1cc(CN=[N+]=[N-])cc(C)c1C. The van der Waals surface area contributed by atoms with E-state index in [0.717, 1.165) is 24.3 Å². The summed E-state index contributed by atoms with van der Waals surface area (Å²) >= 11 is 0. The molecule has 1 aromatic carbocycles. The first-order valence-corrected chi connectivity index (χ1v) is 9.92. The summed E-state index contributed by atoms with van der Waals surface area (Å²) in [6.45, 7) is 7.57. The maximum absolute atomic E-state index is 8.46. The van der Waals surface area contributed by atoms with Gasteiger partial charge in [-0.1, -0.05) is 75.9 Å². The number of hydrogen-bond donors (Lipinski definition) is 0. The quantitative estimate of drug-likeness (QED) is 0.150. The highest BCUT2D eigenvalue weighted by Gasteiger charge is 2.05. The Morgan fingerprint density at radius 1 is 0.920 bits per heavy atom. The van der Waals surface area contributed by atoms with Crippen LogP contribution < -0.4 is 4.74 Å². The number of rotatable bonds is 14. The van der Waals surface area contributed by atoms with Gasteiger partial charge in [-0.25, -0.2) is 0 Å². The third-order valence-electron chi connectivity index (χ3n) is 4.75. The summed E-state index contributed by atoms with van der Waals surface area (Å²) in [5.74, 6) is 0.930. The van der Waals surface area contributed by atoms with E-state index in [2.05, 4.69) is 36.9 Å². The van der Waals surface area contributed by atoms with Gasteiger partial charge in [0.05, 0.1) is 13.2 Å². The fraction of sp³-hybridized carbons (Fsp3) is 0.714. The van der Waals surface area contributed by atoms with Crippen LogP contribution in [0.15, 0.2) is 17.2 Å². The van der Waals surface area contributed by atoms with Gasteiger partial charge in [-0.05, 0) is 48.6 Å². The summed E-state index contributed by atoms with van der Waals surface area (Å²) in [6, 6.07) is 4.07. The topological polar surface area (TPSA) is 58.0 Å². The molecule has 4 heteroatoms. The van der Waals surface area contributed by atoms with Crippen molar-refractivity contribution in [1.29, 1.82) is 0 Å². The maximum Gasteiger partial charge on any atom is 0.122 e. The Morgan fingerprint density at radius 3 is 2.12 bits per heavy atom. The van der Waals surface area contributed by atoms with Crippen LogP contribution in [0.5, 0.6) is 5.75 Å². The van der Waals surface area contributed by atoms with Crippen LogP contribution in [-0.2, 0) is 6.54 Å². The predicted octanol–water partition coefficient (Wildman–Crippen LogP) is 7.41. The molecule has 140 valence electrons. The molecule has 0 aliphatic carbocycles. The van der Waals surface area contributed by atoms with Crippen molar-refractivity contribution >= 4 is 0 Å². The molecule has 0 unspecified atom stereocenters. The highest BCUT2D eigenvalue weighted by Crippen LogP contribution is 2.24. The molecular weight excluding hydrogens is 310 g/mol. The van der Waals surface area contributed by atoms with Gasteiger partial charge in [0.15, 0.2) is 0 Å². The molecule has 0 N–H and O–H groups in total. The molecule has 1 rings (SSSR count). The van der Waals surface area contributed by atoms with Gasteiger partial charge in [0.2, 0.25) is 0 Å². The lowest BCUT2D eigenvalue weighted by molar-refractivity contribution is 0.302. The molecule has 0 aromatic heterocycles. The molecule has 0 aliphatic heterocycles. The molecule has 0 saturated heterocycles. The highest BCUT2D eigenvalue weighted by atomic mass is 16.5. The van der Waals surface area contributed by atoms with E-state index >= 15 is 0 Å². The van der Waals surface area contributed by atoms with Gasteiger partial charge < -0.3 is 4.74 Å². The van der Waals surface area contributed by atoms with E-state index in [4.69, 9.17) is 10.3 Å². The normalized spacial score (nSPS) is 10.5. The van der Waals surface area contributed by atoms with Gasteiger partial charge >= 0.3 is 0 Å². The van der Waals surface area contributed by atoms with Crippen LogP contribution in [0.2, 0.25) is 0 Å². The zero-order valence-electron chi connectivity index (χ0n) is 16.4. The fourth-order valence-corrected chi connectivity index (χ4v) is 3.03. The van der Waals surface area contributed by atoms with Crippen molar-refractivity contribution in [1.82, 2.24) is 0 Å². The maximum atomic E-state index is 8.46. The van der Waals surface area contributed by atoms with Crippen molar-refractivity contribution in [2.75, 3.05) is 6.61 Å². The molecule has 0 saturated carbocycles. The first kappa shape index (κ1) is 21.4. The Hall–Kier alpha value is -1.67. The van der Waals surface area contributed by atoms with Crippen LogP contribution in [0.4, 0.5) is 0 Å². The minimum absolute atomic E-state index is 0.381. The summed E-state index contributed by atoms with van der Waals surface area (Å²) in [4.78, 5) is 2.83. The molecule has 0 atom stereocenters. The van der Waals surface area contributed by atoms with E-state index in [0.29, 0.717) is 6.54 Å². The number of nitrogens with zero attached hydrogens (tertiary/aromatic N) is 3. The van der Waals surface area contributed by atoms with Crippen molar-refractivity contribution in [3.8, 4) is 5.75 Å². The van der Waals surface area contributed by atoms with Crippen LogP contribution in [0.3, 0.4) is 0 Å². The Bertz CT molecular complexity index is 536. The van der Waals surface area contributed by atoms with Gasteiger partial charge in [0.1, 0.15) is 5.75 Å². The van der Waals surface area contributed by atoms with E-state index in [1.165, 1.54) is 68.9 Å². The smallest absolute Gasteiger partial charge is 0.122 e. The fourth-order valence-electron chi connectivity index (χ4n) is 3.03. The molecule has 0 fully saturated rings. The molecular formula is C21H35N3O. The molecule has 0 radical (unpaired) electrons. The number of unbranched alkanes of at least 4 members (excludes halogenated alkanes) is 9. The Labute approximate surface area is 153 Å². The van der Waals surface area contributed by atoms with Crippen LogP contribution in [0, 0.1) is 13.8 Å². The molecule has 0 spiro atoms. The molecule has 0 amide bonds. The summed E-state index contributed by atoms with van der Waals surface area (Å²) in [5, 5.41) is 3.64. The number of hydrogen-bond acceptors (Lipinski definition) is 2. The highest BCUT2D eigenvalue weighted by molar-refractivity contribution is 5.42. The second kappa shape index (κ2) is 13.6. The van der Waals surface area contributed by atoms with Gasteiger partial charge in [-0.3, -0.25) is 0 Å². The number of benzene rings is 1. The van der Waals surface area contributed by atoms with Crippen LogP contribution >= 0.6 is 0 Å². The molecule has 0 bridgehead atoms. The molecule has 4 nitrogen and oxygen atoms in total. The second-order valence-corrected chi connectivity index (χ2v) is 6.96. The number of ether oxygens (including phenoxy) is 1. The predicted molar refractivity (Wildman–Crippen MR) is 106 cm³/mol. The van der Waals surface area contributed by atoms with Gasteiger partial charge in [0, 0.05) is 4.91 Å². The summed E-state index contributed by atoms with van der Waals surface area (Å²) in [7, 11) is 0. The minimum Gasteiger partial charge on any atom is -0.493 e. The standard InChI is InChI=1S/C21H35N3O/c1-4-5-6-7-8-9-10-11-12-13-14-25-21-16-20(17-23-24-22)15-18(2)19(21)3/h15-16H,4-14,17H2,1-3H3. The summed E-state index contributed by atoms with van der Waals surface area (Å²) < 4.78 is 5.98. The summed E-state index contributed by atoms with van der Waals surface area (Å²) in [5.41, 5.74) is 11.8. The van der Waals surface area contributed by atoms with Gasteiger partial charge in [-0.2, -0.15) is 0 Å². The van der Waals surface area contributed by atoms with E-state index in [1.807, 2.05) is 6.07 Å². The van der Waals surface area contributed by atoms with Crippen molar-refractivity contribution in [3.05, 3.63) is 39.3 Å². The Balaban J connectivity index is 2.19. The first-order chi connectivity index (χ1) is 12.2. The lowest BCUT2D eigenvalue weighted by atomic mass is 10.0. The number of aryl methyl sites for hydroxylation is 1. The Kier molecular flexibility index (Phi) is 11.6. The van der Waals surface area contributed by atoms with Crippen LogP contribution in [0.1, 0.15) is 87.8 Å². The van der Waals surface area contributed by atoms with E-state index in [9.17, 15) is 0 Å². The lowest BCUT2D eigenvalue weighted by Gasteiger charge is -2.13. The Morgan fingerprint density at radius 2 is 1.52 bits per heavy atom. The number of azide groups is 1. The monoisotopic (exact) mass is 345 g/mol. The second-order valence-electron chi connectivity index (χ2n) is 6.96. The third kappa shape index (κ3) is 9.40. The molecule has 25 heavy (non-hydrogen) atoms. The minimum atomic E-state index is 0.381. The van der Waals surface area contributed by atoms with E-state index < -0.39 is 0 Å². The zero-order valence-corrected chi connectivity index (χ0v) is 16.4. The van der Waals surface area contributed by atoms with E-state index in [1.54, 1.807) is 0 Å². The van der Waals surface area contributed by atoms with Gasteiger partial charge in [0.25, 0.3) is 0 Å². The molecule has 0 heterocycles. The first-order valence-electron chi connectivity index (χ1n) is 9.92. The molecule has 1 aromatic rings. The van der Waals surface area contributed by atoms with Crippen molar-refractivity contribution in [2.45, 2.75) is 91.5 Å². The van der Waals surface area contributed by atoms with E-state index in [-0.39, 0.29) is 0 Å². The van der Waals surface area contributed by atoms with Crippen LogP contribution in [0.25, 0.3) is 10.4 Å². The molecule has 0 aliphatic rings. The zero-order chi connectivity index (χ0) is 18.3.